The fraction of sp³-hybridized carbons (Fsp3) is 0.524. The van der Waals surface area contributed by atoms with Crippen molar-refractivity contribution in [3.05, 3.63) is 48.3 Å². The summed E-state index contributed by atoms with van der Waals surface area (Å²) in [5.74, 6) is 0.237. The first-order valence-corrected chi connectivity index (χ1v) is 9.63. The zero-order chi connectivity index (χ0) is 18.5. The van der Waals surface area contributed by atoms with Crippen molar-refractivity contribution in [1.29, 1.82) is 0 Å². The van der Waals surface area contributed by atoms with Gasteiger partial charge in [0.1, 0.15) is 0 Å². The molecule has 0 bridgehead atoms. The number of amides is 1. The third-order valence-corrected chi connectivity index (χ3v) is 5.45. The van der Waals surface area contributed by atoms with Crippen LogP contribution in [0, 0.1) is 0 Å². The van der Waals surface area contributed by atoms with Gasteiger partial charge in [-0.15, -0.1) is 0 Å². The minimum absolute atomic E-state index is 0.237. The molecule has 1 fully saturated rings. The lowest BCUT2D eigenvalue weighted by Gasteiger charge is -2.38. The van der Waals surface area contributed by atoms with Gasteiger partial charge in [-0.2, -0.15) is 5.10 Å². The predicted molar refractivity (Wildman–Crippen MR) is 104 cm³/mol. The Morgan fingerprint density at radius 3 is 2.58 bits per heavy atom. The SMILES string of the molecule is CC(C)N1CCC(N(C)C(=O)CCc2cnn(-c3ccccc3)c2)CC1. The summed E-state index contributed by atoms with van der Waals surface area (Å²) in [6.45, 7) is 6.66. The van der Waals surface area contributed by atoms with Crippen molar-refractivity contribution in [3.63, 3.8) is 0 Å². The third kappa shape index (κ3) is 4.52. The fourth-order valence-corrected chi connectivity index (χ4v) is 3.63. The van der Waals surface area contributed by atoms with Crippen LogP contribution in [-0.2, 0) is 11.2 Å². The molecule has 1 aromatic carbocycles. The molecule has 1 saturated heterocycles. The summed E-state index contributed by atoms with van der Waals surface area (Å²) in [6, 6.07) is 11.0. The van der Waals surface area contributed by atoms with E-state index in [4.69, 9.17) is 0 Å². The van der Waals surface area contributed by atoms with Crippen molar-refractivity contribution in [2.45, 2.75) is 51.6 Å². The van der Waals surface area contributed by atoms with Crippen molar-refractivity contribution in [2.24, 2.45) is 0 Å². The Bertz CT molecular complexity index is 702. The van der Waals surface area contributed by atoms with Crippen LogP contribution in [0.4, 0.5) is 0 Å². The number of nitrogens with zero attached hydrogens (tertiary/aromatic N) is 4. The molecular formula is C21H30N4O. The maximum absolute atomic E-state index is 12.6. The van der Waals surface area contributed by atoms with E-state index in [1.54, 1.807) is 0 Å². The van der Waals surface area contributed by atoms with Gasteiger partial charge < -0.3 is 9.80 Å². The lowest BCUT2D eigenvalue weighted by molar-refractivity contribution is -0.132. The molecule has 1 aliphatic rings. The Morgan fingerprint density at radius 1 is 1.23 bits per heavy atom. The van der Waals surface area contributed by atoms with Gasteiger partial charge in [-0.3, -0.25) is 4.79 Å². The van der Waals surface area contributed by atoms with Crippen LogP contribution < -0.4 is 0 Å². The van der Waals surface area contributed by atoms with E-state index in [2.05, 4.69) is 23.8 Å². The van der Waals surface area contributed by atoms with Crippen LogP contribution >= 0.6 is 0 Å². The molecule has 140 valence electrons. The Hall–Kier alpha value is -2.14. The number of hydrogen-bond donors (Lipinski definition) is 0. The van der Waals surface area contributed by atoms with Gasteiger partial charge in [-0.05, 0) is 50.8 Å². The maximum Gasteiger partial charge on any atom is 0.222 e. The highest BCUT2D eigenvalue weighted by Gasteiger charge is 2.26. The fourth-order valence-electron chi connectivity index (χ4n) is 3.63. The van der Waals surface area contributed by atoms with Crippen LogP contribution in [-0.4, -0.2) is 57.7 Å². The molecule has 0 spiro atoms. The molecule has 5 heteroatoms. The molecule has 2 heterocycles. The van der Waals surface area contributed by atoms with Crippen molar-refractivity contribution < 1.29 is 4.79 Å². The van der Waals surface area contributed by atoms with Crippen LogP contribution in [0.5, 0.6) is 0 Å². The Morgan fingerprint density at radius 2 is 1.92 bits per heavy atom. The average molecular weight is 354 g/mol. The van der Waals surface area contributed by atoms with Gasteiger partial charge in [-0.1, -0.05) is 18.2 Å². The molecule has 1 aliphatic heterocycles. The minimum Gasteiger partial charge on any atom is -0.343 e. The van der Waals surface area contributed by atoms with Crippen LogP contribution in [0.3, 0.4) is 0 Å². The van der Waals surface area contributed by atoms with Gasteiger partial charge in [0.15, 0.2) is 0 Å². The normalized spacial score (nSPS) is 16.2. The molecule has 0 radical (unpaired) electrons. The molecule has 0 unspecified atom stereocenters. The van der Waals surface area contributed by atoms with Gasteiger partial charge in [0.25, 0.3) is 0 Å². The average Bonchev–Trinajstić information content (AvgIpc) is 3.15. The number of carbonyl (C=O) groups is 1. The second-order valence-electron chi connectivity index (χ2n) is 7.49. The minimum atomic E-state index is 0.237. The Kier molecular flexibility index (Phi) is 6.09. The quantitative estimate of drug-likeness (QED) is 0.800. The largest absolute Gasteiger partial charge is 0.343 e. The summed E-state index contributed by atoms with van der Waals surface area (Å²) in [6.07, 6.45) is 7.31. The third-order valence-electron chi connectivity index (χ3n) is 5.45. The van der Waals surface area contributed by atoms with E-state index >= 15 is 0 Å². The maximum atomic E-state index is 12.6. The highest BCUT2D eigenvalue weighted by Crippen LogP contribution is 2.18. The number of para-hydroxylation sites is 1. The summed E-state index contributed by atoms with van der Waals surface area (Å²) >= 11 is 0. The van der Waals surface area contributed by atoms with Crippen LogP contribution in [0.15, 0.2) is 42.7 Å². The topological polar surface area (TPSA) is 41.4 Å². The summed E-state index contributed by atoms with van der Waals surface area (Å²) in [4.78, 5) is 17.1. The van der Waals surface area contributed by atoms with E-state index in [1.807, 2.05) is 59.4 Å². The van der Waals surface area contributed by atoms with E-state index in [9.17, 15) is 4.79 Å². The number of carbonyl (C=O) groups excluding carboxylic acids is 1. The summed E-state index contributed by atoms with van der Waals surface area (Å²) in [5, 5.41) is 4.41. The zero-order valence-corrected chi connectivity index (χ0v) is 16.1. The molecule has 5 nitrogen and oxygen atoms in total. The van der Waals surface area contributed by atoms with Crippen LogP contribution in [0.1, 0.15) is 38.7 Å². The molecule has 0 N–H and O–H groups in total. The standard InChI is InChI=1S/C21H30N4O/c1-17(2)24-13-11-19(12-14-24)23(3)21(26)10-9-18-15-22-25(16-18)20-7-5-4-6-8-20/h4-8,15-17,19H,9-14H2,1-3H3. The van der Waals surface area contributed by atoms with Crippen molar-refractivity contribution in [2.75, 3.05) is 20.1 Å². The van der Waals surface area contributed by atoms with Crippen LogP contribution in [0.25, 0.3) is 5.69 Å². The van der Waals surface area contributed by atoms with Gasteiger partial charge in [0, 0.05) is 44.8 Å². The Balaban J connectivity index is 1.49. The molecule has 26 heavy (non-hydrogen) atoms. The number of likely N-dealkylation sites (tertiary alicyclic amines) is 1. The van der Waals surface area contributed by atoms with E-state index < -0.39 is 0 Å². The van der Waals surface area contributed by atoms with Gasteiger partial charge >= 0.3 is 0 Å². The van der Waals surface area contributed by atoms with Gasteiger partial charge in [-0.25, -0.2) is 4.68 Å². The molecule has 0 aliphatic carbocycles. The van der Waals surface area contributed by atoms with E-state index in [0.29, 0.717) is 18.5 Å². The molecule has 2 aromatic rings. The van der Waals surface area contributed by atoms with Gasteiger partial charge in [0.2, 0.25) is 5.91 Å². The van der Waals surface area contributed by atoms with Crippen molar-refractivity contribution >= 4 is 5.91 Å². The highest BCUT2D eigenvalue weighted by molar-refractivity contribution is 5.76. The van der Waals surface area contributed by atoms with E-state index in [0.717, 1.165) is 43.6 Å². The first-order chi connectivity index (χ1) is 12.5. The van der Waals surface area contributed by atoms with E-state index in [-0.39, 0.29) is 5.91 Å². The number of benzene rings is 1. The number of rotatable bonds is 6. The molecule has 1 aromatic heterocycles. The monoisotopic (exact) mass is 354 g/mol. The molecule has 0 atom stereocenters. The molecule has 3 rings (SSSR count). The number of aryl methyl sites for hydroxylation is 1. The second kappa shape index (κ2) is 8.49. The Labute approximate surface area is 156 Å². The summed E-state index contributed by atoms with van der Waals surface area (Å²) < 4.78 is 1.87. The lowest BCUT2D eigenvalue weighted by atomic mass is 10.0. The van der Waals surface area contributed by atoms with Crippen molar-refractivity contribution in [1.82, 2.24) is 19.6 Å². The molecule has 1 amide bonds. The van der Waals surface area contributed by atoms with Gasteiger partial charge in [0.05, 0.1) is 11.9 Å². The second-order valence-corrected chi connectivity index (χ2v) is 7.49. The van der Waals surface area contributed by atoms with E-state index in [1.165, 1.54) is 0 Å². The molecule has 0 saturated carbocycles. The lowest BCUT2D eigenvalue weighted by Crippen LogP contribution is -2.47. The zero-order valence-electron chi connectivity index (χ0n) is 16.1. The summed E-state index contributed by atoms with van der Waals surface area (Å²) in [5.41, 5.74) is 2.14. The predicted octanol–water partition coefficient (Wildman–Crippen LogP) is 3.14. The number of piperidine rings is 1. The van der Waals surface area contributed by atoms with Crippen LogP contribution in [0.2, 0.25) is 0 Å². The summed E-state index contributed by atoms with van der Waals surface area (Å²) in [7, 11) is 1.96. The van der Waals surface area contributed by atoms with Crippen molar-refractivity contribution in [3.8, 4) is 5.69 Å². The number of hydrogen-bond acceptors (Lipinski definition) is 3. The first kappa shape index (κ1) is 18.6. The molecular weight excluding hydrogens is 324 g/mol. The highest BCUT2D eigenvalue weighted by atomic mass is 16.2. The smallest absolute Gasteiger partial charge is 0.222 e. The first-order valence-electron chi connectivity index (χ1n) is 9.63. The number of aromatic nitrogens is 2.